The van der Waals surface area contributed by atoms with Crippen LogP contribution in [0.5, 0.6) is 5.75 Å². The lowest BCUT2D eigenvalue weighted by Crippen LogP contribution is -2.38. The van der Waals surface area contributed by atoms with Gasteiger partial charge in [-0.05, 0) is 42.2 Å². The maximum absolute atomic E-state index is 13.5. The average Bonchev–Trinajstić information content (AvgIpc) is 3.62. The molecule has 1 unspecified atom stereocenters. The maximum Gasteiger partial charge on any atom is 0.338 e. The van der Waals surface area contributed by atoms with Gasteiger partial charge in [-0.1, -0.05) is 54.2 Å². The average molecular weight is 530 g/mol. The summed E-state index contributed by atoms with van der Waals surface area (Å²) < 4.78 is 16.2. The van der Waals surface area contributed by atoms with Gasteiger partial charge in [0.1, 0.15) is 11.5 Å². The zero-order valence-corrected chi connectivity index (χ0v) is 21.9. The quantitative estimate of drug-likeness (QED) is 0.378. The molecule has 9 heteroatoms. The molecule has 5 rings (SSSR count). The molecule has 0 bridgehead atoms. The fourth-order valence-electron chi connectivity index (χ4n) is 4.42. The molecule has 1 N–H and O–H groups in total. The number of rotatable bonds is 9. The first-order valence-electron chi connectivity index (χ1n) is 12.2. The van der Waals surface area contributed by atoms with Crippen molar-refractivity contribution in [3.8, 4) is 5.75 Å². The summed E-state index contributed by atoms with van der Waals surface area (Å²) in [6.45, 7) is 2.30. The molecule has 0 saturated carbocycles. The largest absolute Gasteiger partial charge is 0.497 e. The first-order chi connectivity index (χ1) is 18.6. The second-order valence-corrected chi connectivity index (χ2v) is 9.39. The normalized spacial score (nSPS) is 16.5. The van der Waals surface area contributed by atoms with E-state index in [1.54, 1.807) is 26.4 Å². The second-order valence-electron chi connectivity index (χ2n) is 8.55. The predicted molar refractivity (Wildman–Crippen MR) is 146 cm³/mol. The molecule has 3 heterocycles. The highest BCUT2D eigenvalue weighted by Crippen LogP contribution is 2.47. The molecule has 0 aliphatic carbocycles. The van der Waals surface area contributed by atoms with Crippen molar-refractivity contribution in [1.29, 1.82) is 0 Å². The van der Waals surface area contributed by atoms with Crippen LogP contribution in [0.1, 0.15) is 36.3 Å². The molecule has 1 atom stereocenters. The third-order valence-electron chi connectivity index (χ3n) is 6.17. The Bertz CT molecular complexity index is 1400. The van der Waals surface area contributed by atoms with Crippen LogP contribution in [-0.4, -0.2) is 35.7 Å². The molecule has 0 radical (unpaired) electrons. The summed E-state index contributed by atoms with van der Waals surface area (Å²) >= 11 is 1.43. The highest BCUT2D eigenvalue weighted by molar-refractivity contribution is 8.16. The van der Waals surface area contributed by atoms with E-state index in [0.29, 0.717) is 34.5 Å². The van der Waals surface area contributed by atoms with E-state index in [4.69, 9.17) is 18.9 Å². The summed E-state index contributed by atoms with van der Waals surface area (Å²) in [6, 6.07) is 20.2. The minimum absolute atomic E-state index is 0.107. The summed E-state index contributed by atoms with van der Waals surface area (Å²) in [5, 5.41) is 5.50. The number of nitrogens with one attached hydrogen (secondary N) is 1. The molecular formula is C29H27N3O5S. The number of hydrogen-bond acceptors (Lipinski definition) is 8. The minimum Gasteiger partial charge on any atom is -0.497 e. The molecule has 0 spiro atoms. The van der Waals surface area contributed by atoms with Crippen LogP contribution in [0.25, 0.3) is 5.70 Å². The van der Waals surface area contributed by atoms with Gasteiger partial charge < -0.3 is 24.1 Å². The van der Waals surface area contributed by atoms with Crippen molar-refractivity contribution >= 4 is 34.5 Å². The van der Waals surface area contributed by atoms with Crippen LogP contribution in [0.15, 0.2) is 99.1 Å². The van der Waals surface area contributed by atoms with E-state index in [9.17, 15) is 9.59 Å². The number of thioether (sulfide) groups is 1. The number of carbonyl (C=O) groups is 2. The fraction of sp³-hybridized carbons (Fsp3) is 0.207. The van der Waals surface area contributed by atoms with Crippen LogP contribution in [0.3, 0.4) is 0 Å². The van der Waals surface area contributed by atoms with E-state index >= 15 is 0 Å². The van der Waals surface area contributed by atoms with Gasteiger partial charge in [0.2, 0.25) is 5.91 Å². The van der Waals surface area contributed by atoms with Gasteiger partial charge in [-0.15, -0.1) is 0 Å². The van der Waals surface area contributed by atoms with E-state index < -0.39 is 12.0 Å². The van der Waals surface area contributed by atoms with Gasteiger partial charge in [-0.2, -0.15) is 0 Å². The number of amidine groups is 1. The number of carbonyl (C=O) groups excluding carboxylic acids is 2. The minimum atomic E-state index is -0.554. The van der Waals surface area contributed by atoms with Crippen molar-refractivity contribution < 1.29 is 23.5 Å². The molecule has 2 aromatic carbocycles. The molecule has 38 heavy (non-hydrogen) atoms. The fourth-order valence-corrected chi connectivity index (χ4v) is 5.33. The highest BCUT2D eigenvalue weighted by atomic mass is 32.2. The monoisotopic (exact) mass is 529 g/mol. The number of amides is 1. The summed E-state index contributed by atoms with van der Waals surface area (Å²) in [5.41, 5.74) is 3.36. The van der Waals surface area contributed by atoms with Gasteiger partial charge >= 0.3 is 5.97 Å². The Morgan fingerprint density at radius 2 is 1.87 bits per heavy atom. The van der Waals surface area contributed by atoms with Gasteiger partial charge in [-0.25, -0.2) is 9.79 Å². The number of nitrogens with zero attached hydrogens (tertiary/aromatic N) is 2. The standard InChI is InChI=1S/C29H27N3O5S/c1-3-36-28(34)25-26(19-8-5-4-6-9-19)31-29-32(27(25)20-11-13-22(35-2)14-12-20)21(18-38-29)16-24(33)30-17-23-10-7-15-37-23/h4-15,18,27H,3,16-17H2,1-2H3,(H,30,33). The Morgan fingerprint density at radius 3 is 2.55 bits per heavy atom. The van der Waals surface area contributed by atoms with Gasteiger partial charge in [-0.3, -0.25) is 4.79 Å². The molecule has 2 aliphatic rings. The zero-order valence-electron chi connectivity index (χ0n) is 21.0. The van der Waals surface area contributed by atoms with Gasteiger partial charge in [0.15, 0.2) is 5.17 Å². The van der Waals surface area contributed by atoms with Crippen molar-refractivity contribution in [2.24, 2.45) is 4.99 Å². The molecule has 0 saturated heterocycles. The van der Waals surface area contributed by atoms with Crippen molar-refractivity contribution in [2.75, 3.05) is 13.7 Å². The number of ether oxygens (including phenoxy) is 2. The summed E-state index contributed by atoms with van der Waals surface area (Å²) in [6.07, 6.45) is 1.68. The summed E-state index contributed by atoms with van der Waals surface area (Å²) in [4.78, 5) is 33.3. The Hall–Kier alpha value is -4.24. The van der Waals surface area contributed by atoms with E-state index in [1.165, 1.54) is 11.8 Å². The first-order valence-corrected chi connectivity index (χ1v) is 13.1. The number of benzene rings is 2. The molecule has 3 aromatic rings. The van der Waals surface area contributed by atoms with Gasteiger partial charge in [0.25, 0.3) is 0 Å². The zero-order chi connectivity index (χ0) is 26.5. The molecule has 1 aromatic heterocycles. The smallest absolute Gasteiger partial charge is 0.338 e. The topological polar surface area (TPSA) is 93.4 Å². The van der Waals surface area contributed by atoms with E-state index in [0.717, 1.165) is 16.8 Å². The van der Waals surface area contributed by atoms with Crippen molar-refractivity contribution in [3.05, 3.63) is 107 Å². The first kappa shape index (κ1) is 25.4. The lowest BCUT2D eigenvalue weighted by atomic mass is 9.91. The van der Waals surface area contributed by atoms with Gasteiger partial charge in [0.05, 0.1) is 50.3 Å². The van der Waals surface area contributed by atoms with E-state index in [-0.39, 0.29) is 18.9 Å². The lowest BCUT2D eigenvalue weighted by Gasteiger charge is -2.36. The molecule has 2 aliphatic heterocycles. The van der Waals surface area contributed by atoms with Crippen molar-refractivity contribution in [1.82, 2.24) is 10.2 Å². The number of methoxy groups -OCH3 is 1. The Morgan fingerprint density at radius 1 is 1.08 bits per heavy atom. The Balaban J connectivity index is 1.55. The predicted octanol–water partition coefficient (Wildman–Crippen LogP) is 5.27. The number of fused-ring (bicyclic) bond motifs is 1. The third-order valence-corrected chi connectivity index (χ3v) is 7.05. The van der Waals surface area contributed by atoms with Crippen molar-refractivity contribution in [2.45, 2.75) is 25.9 Å². The SMILES string of the molecule is CCOC(=O)C1=C(c2ccccc2)N=C2SC=C(CC(=O)NCc3ccco3)N2C1c1ccc(OC)cc1. The molecule has 194 valence electrons. The van der Waals surface area contributed by atoms with Crippen molar-refractivity contribution in [3.63, 3.8) is 0 Å². The number of esters is 1. The van der Waals surface area contributed by atoms with Crippen LogP contribution in [0, 0.1) is 0 Å². The molecular weight excluding hydrogens is 502 g/mol. The number of aliphatic imine (C=N–C) groups is 1. The maximum atomic E-state index is 13.5. The summed E-state index contributed by atoms with van der Waals surface area (Å²) in [5.74, 6) is 0.753. The van der Waals surface area contributed by atoms with Crippen LogP contribution < -0.4 is 10.1 Å². The Kier molecular flexibility index (Phi) is 7.65. The number of hydrogen-bond donors (Lipinski definition) is 1. The van der Waals surface area contributed by atoms with Crippen LogP contribution in [0.4, 0.5) is 0 Å². The number of furan rings is 1. The Labute approximate surface area is 225 Å². The van der Waals surface area contributed by atoms with Crippen LogP contribution in [0.2, 0.25) is 0 Å². The second kappa shape index (κ2) is 11.4. The van der Waals surface area contributed by atoms with Gasteiger partial charge in [0, 0.05) is 11.3 Å². The highest BCUT2D eigenvalue weighted by Gasteiger charge is 2.42. The van der Waals surface area contributed by atoms with Crippen LogP contribution >= 0.6 is 11.8 Å². The third kappa shape index (κ3) is 5.24. The molecule has 0 fully saturated rings. The van der Waals surface area contributed by atoms with E-state index in [1.807, 2.05) is 71.0 Å². The summed E-state index contributed by atoms with van der Waals surface area (Å²) in [7, 11) is 1.61. The lowest BCUT2D eigenvalue weighted by molar-refractivity contribution is -0.139. The van der Waals surface area contributed by atoms with Crippen LogP contribution in [-0.2, 0) is 20.9 Å². The van der Waals surface area contributed by atoms with E-state index in [2.05, 4.69) is 5.32 Å². The molecule has 1 amide bonds. The molecule has 8 nitrogen and oxygen atoms in total.